The number of hydrogen-bond acceptors (Lipinski definition) is 3. The summed E-state index contributed by atoms with van der Waals surface area (Å²) >= 11 is 0. The van der Waals surface area contributed by atoms with Gasteiger partial charge in [-0.2, -0.15) is 0 Å². The summed E-state index contributed by atoms with van der Waals surface area (Å²) in [7, 11) is -3.48. The maximum atomic E-state index is 12.2. The van der Waals surface area contributed by atoms with Gasteiger partial charge in [-0.25, -0.2) is 13.1 Å². The molecule has 0 aliphatic heterocycles. The largest absolute Gasteiger partial charge is 0.375 e. The van der Waals surface area contributed by atoms with Crippen LogP contribution in [-0.2, 0) is 21.4 Å². The van der Waals surface area contributed by atoms with Gasteiger partial charge in [0.1, 0.15) is 0 Å². The molecule has 1 N–H and O–H groups in total. The van der Waals surface area contributed by atoms with Crippen molar-refractivity contribution in [3.63, 3.8) is 0 Å². The van der Waals surface area contributed by atoms with Crippen LogP contribution < -0.4 is 4.72 Å². The van der Waals surface area contributed by atoms with Gasteiger partial charge in [0.2, 0.25) is 10.0 Å². The molecule has 0 aromatic heterocycles. The highest BCUT2D eigenvalue weighted by Crippen LogP contribution is 2.17. The second-order valence-corrected chi connectivity index (χ2v) is 7.93. The molecule has 24 heavy (non-hydrogen) atoms. The summed E-state index contributed by atoms with van der Waals surface area (Å²) in [4.78, 5) is 0.283. The highest BCUT2D eigenvalue weighted by atomic mass is 32.2. The van der Waals surface area contributed by atoms with Gasteiger partial charge in [0.05, 0.1) is 18.1 Å². The molecule has 2 aromatic carbocycles. The number of ether oxygens (including phenoxy) is 1. The molecule has 2 rings (SSSR count). The molecule has 0 saturated carbocycles. The van der Waals surface area contributed by atoms with Gasteiger partial charge in [0.25, 0.3) is 0 Å². The van der Waals surface area contributed by atoms with E-state index in [0.29, 0.717) is 19.1 Å². The third-order valence-electron chi connectivity index (χ3n) is 3.78. The average molecular weight is 347 g/mol. The monoisotopic (exact) mass is 347 g/mol. The Morgan fingerprint density at radius 1 is 1.00 bits per heavy atom. The van der Waals surface area contributed by atoms with Crippen LogP contribution in [0.25, 0.3) is 0 Å². The lowest BCUT2D eigenvalue weighted by atomic mass is 10.0. The number of aryl methyl sites for hydroxylation is 1. The summed E-state index contributed by atoms with van der Waals surface area (Å²) in [5.74, 6) is 0.380. The van der Waals surface area contributed by atoms with E-state index in [2.05, 4.69) is 18.6 Å². The molecule has 0 heterocycles. The van der Waals surface area contributed by atoms with Gasteiger partial charge < -0.3 is 4.74 Å². The minimum Gasteiger partial charge on any atom is -0.375 e. The van der Waals surface area contributed by atoms with Crippen LogP contribution in [0.15, 0.2) is 53.4 Å². The second kappa shape index (κ2) is 8.42. The second-order valence-electron chi connectivity index (χ2n) is 6.16. The van der Waals surface area contributed by atoms with E-state index >= 15 is 0 Å². The molecule has 0 spiro atoms. The maximum Gasteiger partial charge on any atom is 0.240 e. The van der Waals surface area contributed by atoms with E-state index in [0.717, 1.165) is 11.1 Å². The summed E-state index contributed by atoms with van der Waals surface area (Å²) in [5.41, 5.74) is 3.40. The molecular weight excluding hydrogens is 322 g/mol. The lowest BCUT2D eigenvalue weighted by molar-refractivity contribution is 0.126. The Morgan fingerprint density at radius 3 is 2.21 bits per heavy atom. The predicted octanol–water partition coefficient (Wildman–Crippen LogP) is 3.61. The van der Waals surface area contributed by atoms with E-state index in [1.54, 1.807) is 12.1 Å². The first-order valence-electron chi connectivity index (χ1n) is 8.11. The summed E-state index contributed by atoms with van der Waals surface area (Å²) in [6, 6.07) is 15.1. The Balaban J connectivity index is 1.79. The van der Waals surface area contributed by atoms with Crippen LogP contribution in [0, 0.1) is 6.92 Å². The van der Waals surface area contributed by atoms with Crippen LogP contribution in [0.1, 0.15) is 36.5 Å². The molecule has 0 atom stereocenters. The number of hydrogen-bond donors (Lipinski definition) is 1. The molecule has 0 aliphatic rings. The molecule has 0 aliphatic carbocycles. The van der Waals surface area contributed by atoms with E-state index in [1.165, 1.54) is 5.56 Å². The summed E-state index contributed by atoms with van der Waals surface area (Å²) in [6.07, 6.45) is 0. The van der Waals surface area contributed by atoms with Crippen molar-refractivity contribution < 1.29 is 13.2 Å². The molecule has 0 unspecified atom stereocenters. The van der Waals surface area contributed by atoms with Gasteiger partial charge in [-0.1, -0.05) is 55.8 Å². The van der Waals surface area contributed by atoms with Gasteiger partial charge in [-0.05, 0) is 36.1 Å². The van der Waals surface area contributed by atoms with Gasteiger partial charge in [-0.3, -0.25) is 0 Å². The third kappa shape index (κ3) is 5.44. The van der Waals surface area contributed by atoms with Crippen molar-refractivity contribution in [2.75, 3.05) is 13.2 Å². The molecule has 0 fully saturated rings. The van der Waals surface area contributed by atoms with E-state index < -0.39 is 10.0 Å². The highest BCUT2D eigenvalue weighted by Gasteiger charge is 2.13. The first-order valence-corrected chi connectivity index (χ1v) is 9.60. The highest BCUT2D eigenvalue weighted by molar-refractivity contribution is 7.89. The number of nitrogens with one attached hydrogen (secondary N) is 1. The molecule has 0 amide bonds. The SMILES string of the molecule is Cc1ccc(COCCNS(=O)(=O)c2ccc(C(C)C)cc2)cc1. The van der Waals surface area contributed by atoms with Gasteiger partial charge in [0, 0.05) is 6.54 Å². The predicted molar refractivity (Wildman–Crippen MR) is 96.6 cm³/mol. The topological polar surface area (TPSA) is 55.4 Å². The lowest BCUT2D eigenvalue weighted by Crippen LogP contribution is -2.27. The van der Waals surface area contributed by atoms with Crippen molar-refractivity contribution in [2.24, 2.45) is 0 Å². The minimum atomic E-state index is -3.48. The van der Waals surface area contributed by atoms with Crippen molar-refractivity contribution >= 4 is 10.0 Å². The van der Waals surface area contributed by atoms with Crippen molar-refractivity contribution in [1.82, 2.24) is 4.72 Å². The molecular formula is C19H25NO3S. The van der Waals surface area contributed by atoms with Gasteiger partial charge >= 0.3 is 0 Å². The molecule has 2 aromatic rings. The third-order valence-corrected chi connectivity index (χ3v) is 5.26. The molecule has 5 heteroatoms. The van der Waals surface area contributed by atoms with Crippen molar-refractivity contribution in [3.05, 3.63) is 65.2 Å². The first kappa shape index (κ1) is 18.6. The summed E-state index contributed by atoms with van der Waals surface area (Å²) in [6.45, 7) is 7.25. The zero-order valence-corrected chi connectivity index (χ0v) is 15.3. The maximum absolute atomic E-state index is 12.2. The summed E-state index contributed by atoms with van der Waals surface area (Å²) < 4.78 is 32.5. The van der Waals surface area contributed by atoms with E-state index in [1.807, 2.05) is 43.3 Å². The van der Waals surface area contributed by atoms with Crippen LogP contribution in [0.3, 0.4) is 0 Å². The smallest absolute Gasteiger partial charge is 0.240 e. The Morgan fingerprint density at radius 2 is 1.62 bits per heavy atom. The lowest BCUT2D eigenvalue weighted by Gasteiger charge is -2.09. The van der Waals surface area contributed by atoms with Crippen molar-refractivity contribution in [3.8, 4) is 0 Å². The standard InChI is InChI=1S/C19H25NO3S/c1-15(2)18-8-10-19(11-9-18)24(21,22)20-12-13-23-14-17-6-4-16(3)5-7-17/h4-11,15,20H,12-14H2,1-3H3. The fourth-order valence-corrected chi connectivity index (χ4v) is 3.25. The van der Waals surface area contributed by atoms with Crippen LogP contribution in [0.4, 0.5) is 0 Å². The number of rotatable bonds is 8. The van der Waals surface area contributed by atoms with Crippen LogP contribution in [-0.4, -0.2) is 21.6 Å². The average Bonchev–Trinajstić information content (AvgIpc) is 2.56. The fraction of sp³-hybridized carbons (Fsp3) is 0.368. The Bertz CT molecular complexity index is 735. The van der Waals surface area contributed by atoms with E-state index in [-0.39, 0.29) is 11.4 Å². The molecule has 130 valence electrons. The Labute approximate surface area is 144 Å². The Kier molecular flexibility index (Phi) is 6.54. The van der Waals surface area contributed by atoms with Gasteiger partial charge in [-0.15, -0.1) is 0 Å². The van der Waals surface area contributed by atoms with E-state index in [4.69, 9.17) is 4.74 Å². The van der Waals surface area contributed by atoms with Crippen LogP contribution in [0.5, 0.6) is 0 Å². The van der Waals surface area contributed by atoms with Gasteiger partial charge in [0.15, 0.2) is 0 Å². The number of benzene rings is 2. The fourth-order valence-electron chi connectivity index (χ4n) is 2.24. The normalized spacial score (nSPS) is 11.8. The van der Waals surface area contributed by atoms with Crippen LogP contribution >= 0.6 is 0 Å². The van der Waals surface area contributed by atoms with E-state index in [9.17, 15) is 8.42 Å². The molecule has 0 bridgehead atoms. The first-order chi connectivity index (χ1) is 11.4. The van der Waals surface area contributed by atoms with Crippen molar-refractivity contribution in [1.29, 1.82) is 0 Å². The quantitative estimate of drug-likeness (QED) is 0.742. The molecule has 0 radical (unpaired) electrons. The summed E-state index contributed by atoms with van der Waals surface area (Å²) in [5, 5.41) is 0. The van der Waals surface area contributed by atoms with Crippen molar-refractivity contribution in [2.45, 2.75) is 38.2 Å². The Hall–Kier alpha value is -1.69. The molecule has 0 saturated heterocycles. The minimum absolute atomic E-state index is 0.250. The molecule has 4 nitrogen and oxygen atoms in total. The zero-order chi connectivity index (χ0) is 17.6. The zero-order valence-electron chi connectivity index (χ0n) is 14.5. The van der Waals surface area contributed by atoms with Crippen LogP contribution in [0.2, 0.25) is 0 Å². The number of sulfonamides is 1.